The molecule has 0 saturated carbocycles. The van der Waals surface area contributed by atoms with Gasteiger partial charge in [-0.15, -0.1) is 24.0 Å². The van der Waals surface area contributed by atoms with Gasteiger partial charge in [-0.3, -0.25) is 4.99 Å². The SMILES string of the molecule is CN=C(NCCn1ccnc1)NC1CCN(c2ccccc2OC)C1.I. The number of imidazole rings is 1. The molecule has 26 heavy (non-hydrogen) atoms. The van der Waals surface area contributed by atoms with Crippen molar-refractivity contribution in [2.75, 3.05) is 38.7 Å². The molecule has 0 radical (unpaired) electrons. The van der Waals surface area contributed by atoms with Gasteiger partial charge in [-0.25, -0.2) is 4.98 Å². The topological polar surface area (TPSA) is 66.7 Å². The number of halogens is 1. The van der Waals surface area contributed by atoms with E-state index in [0.29, 0.717) is 6.04 Å². The first kappa shape index (κ1) is 20.3. The summed E-state index contributed by atoms with van der Waals surface area (Å²) < 4.78 is 7.52. The molecule has 2 N–H and O–H groups in total. The van der Waals surface area contributed by atoms with Gasteiger partial charge in [-0.1, -0.05) is 12.1 Å². The summed E-state index contributed by atoms with van der Waals surface area (Å²) in [6.07, 6.45) is 6.64. The van der Waals surface area contributed by atoms with Crippen LogP contribution in [0.5, 0.6) is 5.75 Å². The van der Waals surface area contributed by atoms with Gasteiger partial charge < -0.3 is 24.8 Å². The normalized spacial score (nSPS) is 16.9. The lowest BCUT2D eigenvalue weighted by Crippen LogP contribution is -2.45. The zero-order valence-electron chi connectivity index (χ0n) is 15.3. The van der Waals surface area contributed by atoms with E-state index in [1.54, 1.807) is 20.4 Å². The Bertz CT molecular complexity index is 691. The van der Waals surface area contributed by atoms with Crippen LogP contribution in [0, 0.1) is 0 Å². The van der Waals surface area contributed by atoms with Gasteiger partial charge in [0.1, 0.15) is 5.75 Å². The van der Waals surface area contributed by atoms with Gasteiger partial charge in [0.25, 0.3) is 0 Å². The summed E-state index contributed by atoms with van der Waals surface area (Å²) in [5, 5.41) is 6.87. The molecule has 1 atom stereocenters. The summed E-state index contributed by atoms with van der Waals surface area (Å²) >= 11 is 0. The molecule has 142 valence electrons. The first-order valence-corrected chi connectivity index (χ1v) is 8.61. The molecule has 0 amide bonds. The second-order valence-corrected chi connectivity index (χ2v) is 6.05. The van der Waals surface area contributed by atoms with Gasteiger partial charge in [-0.2, -0.15) is 0 Å². The Labute approximate surface area is 171 Å². The van der Waals surface area contributed by atoms with Gasteiger partial charge in [-0.05, 0) is 18.6 Å². The van der Waals surface area contributed by atoms with Crippen LogP contribution >= 0.6 is 24.0 Å². The summed E-state index contributed by atoms with van der Waals surface area (Å²) in [6.45, 7) is 3.60. The largest absolute Gasteiger partial charge is 0.495 e. The molecule has 7 nitrogen and oxygen atoms in total. The molecular weight excluding hydrogens is 443 g/mol. The van der Waals surface area contributed by atoms with E-state index < -0.39 is 0 Å². The lowest BCUT2D eigenvalue weighted by atomic mass is 10.2. The van der Waals surface area contributed by atoms with Crippen molar-refractivity contribution >= 4 is 35.6 Å². The van der Waals surface area contributed by atoms with Crippen LogP contribution in [0.4, 0.5) is 5.69 Å². The van der Waals surface area contributed by atoms with Gasteiger partial charge in [0.15, 0.2) is 5.96 Å². The average Bonchev–Trinajstić information content (AvgIpc) is 3.32. The van der Waals surface area contributed by atoms with E-state index in [9.17, 15) is 0 Å². The highest BCUT2D eigenvalue weighted by Crippen LogP contribution is 2.30. The Morgan fingerprint density at radius 3 is 2.96 bits per heavy atom. The second kappa shape index (κ2) is 10.2. The number of nitrogens with zero attached hydrogens (tertiary/aromatic N) is 4. The number of rotatable bonds is 6. The Hall–Kier alpha value is -1.97. The van der Waals surface area contributed by atoms with Crippen LogP contribution in [-0.4, -0.2) is 55.3 Å². The first-order chi connectivity index (χ1) is 12.3. The molecular formula is C18H27IN6O. The standard InChI is InChI=1S/C18H26N6O.HI/c1-19-18(21-9-12-23-11-8-20-14-23)22-15-7-10-24(13-15)16-5-3-4-6-17(16)25-2;/h3-6,8,11,14-15H,7,9-10,12-13H2,1-2H3,(H2,19,21,22);1H. The van der Waals surface area contributed by atoms with Crippen molar-refractivity contribution < 1.29 is 4.74 Å². The van der Waals surface area contributed by atoms with Crippen LogP contribution < -0.4 is 20.3 Å². The highest BCUT2D eigenvalue weighted by Gasteiger charge is 2.25. The quantitative estimate of drug-likeness (QED) is 0.384. The maximum Gasteiger partial charge on any atom is 0.191 e. The summed E-state index contributed by atoms with van der Waals surface area (Å²) in [5.41, 5.74) is 1.15. The fourth-order valence-electron chi connectivity index (χ4n) is 3.10. The molecule has 2 heterocycles. The molecule has 0 spiro atoms. The maximum absolute atomic E-state index is 5.48. The molecule has 1 aromatic carbocycles. The number of para-hydroxylation sites is 2. The predicted octanol–water partition coefficient (Wildman–Crippen LogP) is 1.95. The molecule has 1 unspecified atom stereocenters. The lowest BCUT2D eigenvalue weighted by Gasteiger charge is -2.22. The van der Waals surface area contributed by atoms with Crippen molar-refractivity contribution in [2.24, 2.45) is 4.99 Å². The third-order valence-electron chi connectivity index (χ3n) is 4.40. The van der Waals surface area contributed by atoms with E-state index >= 15 is 0 Å². The van der Waals surface area contributed by atoms with Crippen LogP contribution in [0.15, 0.2) is 48.0 Å². The van der Waals surface area contributed by atoms with E-state index in [0.717, 1.165) is 50.0 Å². The fraction of sp³-hybridized carbons (Fsp3) is 0.444. The lowest BCUT2D eigenvalue weighted by molar-refractivity contribution is 0.415. The van der Waals surface area contributed by atoms with Gasteiger partial charge in [0.05, 0.1) is 19.1 Å². The zero-order chi connectivity index (χ0) is 17.5. The average molecular weight is 470 g/mol. The molecule has 1 aliphatic rings. The van der Waals surface area contributed by atoms with Crippen LogP contribution in [0.2, 0.25) is 0 Å². The monoisotopic (exact) mass is 470 g/mol. The van der Waals surface area contributed by atoms with Crippen molar-refractivity contribution in [1.29, 1.82) is 0 Å². The van der Waals surface area contributed by atoms with Crippen molar-refractivity contribution in [2.45, 2.75) is 19.0 Å². The number of nitrogens with one attached hydrogen (secondary N) is 2. The maximum atomic E-state index is 5.48. The number of aliphatic imine (C=N–C) groups is 1. The number of methoxy groups -OCH3 is 1. The molecule has 1 aromatic heterocycles. The first-order valence-electron chi connectivity index (χ1n) is 8.61. The van der Waals surface area contributed by atoms with E-state index in [2.05, 4.69) is 37.6 Å². The van der Waals surface area contributed by atoms with E-state index in [-0.39, 0.29) is 24.0 Å². The smallest absolute Gasteiger partial charge is 0.191 e. The molecule has 1 fully saturated rings. The van der Waals surface area contributed by atoms with E-state index in [1.807, 2.05) is 29.2 Å². The predicted molar refractivity (Wildman–Crippen MR) is 116 cm³/mol. The number of anilines is 1. The Balaban J connectivity index is 0.00000243. The Morgan fingerprint density at radius 2 is 2.23 bits per heavy atom. The van der Waals surface area contributed by atoms with Crippen molar-refractivity contribution in [3.05, 3.63) is 43.0 Å². The van der Waals surface area contributed by atoms with Crippen molar-refractivity contribution in [3.8, 4) is 5.75 Å². The van der Waals surface area contributed by atoms with Crippen molar-refractivity contribution in [3.63, 3.8) is 0 Å². The third-order valence-corrected chi connectivity index (χ3v) is 4.40. The number of ether oxygens (including phenoxy) is 1. The van der Waals surface area contributed by atoms with Crippen LogP contribution in [0.25, 0.3) is 0 Å². The molecule has 1 aliphatic heterocycles. The molecule has 2 aromatic rings. The highest BCUT2D eigenvalue weighted by atomic mass is 127. The zero-order valence-corrected chi connectivity index (χ0v) is 17.6. The summed E-state index contributed by atoms with van der Waals surface area (Å²) in [4.78, 5) is 10.7. The molecule has 0 bridgehead atoms. The summed E-state index contributed by atoms with van der Waals surface area (Å²) in [5.74, 6) is 1.76. The minimum atomic E-state index is 0. The van der Waals surface area contributed by atoms with Gasteiger partial charge in [0, 0.05) is 51.7 Å². The number of hydrogen-bond acceptors (Lipinski definition) is 4. The van der Waals surface area contributed by atoms with Gasteiger partial charge in [0.2, 0.25) is 0 Å². The van der Waals surface area contributed by atoms with Crippen LogP contribution in [-0.2, 0) is 6.54 Å². The van der Waals surface area contributed by atoms with Crippen LogP contribution in [0.1, 0.15) is 6.42 Å². The third kappa shape index (κ3) is 5.26. The highest BCUT2D eigenvalue weighted by molar-refractivity contribution is 14.0. The Morgan fingerprint density at radius 1 is 1.38 bits per heavy atom. The molecule has 1 saturated heterocycles. The van der Waals surface area contributed by atoms with E-state index in [1.165, 1.54) is 0 Å². The summed E-state index contributed by atoms with van der Waals surface area (Å²) in [6, 6.07) is 8.53. The number of benzene rings is 1. The molecule has 3 rings (SSSR count). The summed E-state index contributed by atoms with van der Waals surface area (Å²) in [7, 11) is 3.52. The number of aromatic nitrogens is 2. The van der Waals surface area contributed by atoms with E-state index in [4.69, 9.17) is 4.74 Å². The molecule has 8 heteroatoms. The number of hydrogen-bond donors (Lipinski definition) is 2. The van der Waals surface area contributed by atoms with Crippen molar-refractivity contribution in [1.82, 2.24) is 20.2 Å². The minimum absolute atomic E-state index is 0. The minimum Gasteiger partial charge on any atom is -0.495 e. The van der Waals surface area contributed by atoms with Crippen LogP contribution in [0.3, 0.4) is 0 Å². The fourth-order valence-corrected chi connectivity index (χ4v) is 3.10. The van der Waals surface area contributed by atoms with Gasteiger partial charge >= 0.3 is 0 Å². The number of guanidine groups is 1. The second-order valence-electron chi connectivity index (χ2n) is 6.05. The molecule has 0 aliphatic carbocycles. The Kier molecular flexibility index (Phi) is 8.02.